The summed E-state index contributed by atoms with van der Waals surface area (Å²) in [4.78, 5) is 0. The molecule has 1 aromatic carbocycles. The molecule has 2 aliphatic carbocycles. The molecule has 5 atom stereocenters. The molecule has 0 aromatic heterocycles. The van der Waals surface area contributed by atoms with Gasteiger partial charge in [-0.3, -0.25) is 0 Å². The molecule has 3 heteroatoms. The van der Waals surface area contributed by atoms with Crippen LogP contribution < -0.4 is 5.32 Å². The van der Waals surface area contributed by atoms with Crippen LogP contribution >= 0.6 is 0 Å². The van der Waals surface area contributed by atoms with E-state index in [2.05, 4.69) is 49.5 Å². The number of hydrogen-bond acceptors (Lipinski definition) is 3. The Balaban J connectivity index is 1.42. The zero-order chi connectivity index (χ0) is 21.3. The molecule has 0 unspecified atom stereocenters. The Morgan fingerprint density at radius 1 is 1.20 bits per heavy atom. The molecule has 1 aromatic rings. The highest BCUT2D eigenvalue weighted by Gasteiger charge is 2.43. The minimum atomic E-state index is -0.492. The van der Waals surface area contributed by atoms with Crippen LogP contribution in [0.3, 0.4) is 0 Å². The van der Waals surface area contributed by atoms with Crippen molar-refractivity contribution in [3.8, 4) is 0 Å². The minimum absolute atomic E-state index is 0.175. The Kier molecular flexibility index (Phi) is 9.17. The molecule has 2 aliphatic rings. The summed E-state index contributed by atoms with van der Waals surface area (Å²) in [5.74, 6) is 1.21. The molecule has 0 amide bonds. The molecule has 166 valence electrons. The number of rotatable bonds is 12. The van der Waals surface area contributed by atoms with E-state index in [9.17, 15) is 10.2 Å². The smallest absolute Gasteiger partial charge is 0.0761 e. The topological polar surface area (TPSA) is 52.5 Å². The summed E-state index contributed by atoms with van der Waals surface area (Å²) < 4.78 is 0. The first-order valence-corrected chi connectivity index (χ1v) is 12.1. The second kappa shape index (κ2) is 11.8. The maximum Gasteiger partial charge on any atom is 0.0761 e. The van der Waals surface area contributed by atoms with Gasteiger partial charge in [-0.1, -0.05) is 67.0 Å². The monoisotopic (exact) mass is 411 g/mol. The first-order valence-electron chi connectivity index (χ1n) is 12.1. The third-order valence-corrected chi connectivity index (χ3v) is 6.81. The van der Waals surface area contributed by atoms with Crippen molar-refractivity contribution >= 4 is 0 Å². The first-order chi connectivity index (χ1) is 14.6. The predicted octanol–water partition coefficient (Wildman–Crippen LogP) is 4.96. The molecule has 3 nitrogen and oxygen atoms in total. The number of unbranched alkanes of at least 4 members (excludes halogenated alkanes) is 2. The van der Waals surface area contributed by atoms with Crippen LogP contribution in [0.2, 0.25) is 0 Å². The van der Waals surface area contributed by atoms with Gasteiger partial charge in [0, 0.05) is 12.3 Å². The summed E-state index contributed by atoms with van der Waals surface area (Å²) in [5.41, 5.74) is 3.98. The third-order valence-electron chi connectivity index (χ3n) is 6.81. The van der Waals surface area contributed by atoms with Gasteiger partial charge >= 0.3 is 0 Å². The van der Waals surface area contributed by atoms with Gasteiger partial charge in [0.25, 0.3) is 0 Å². The van der Waals surface area contributed by atoms with Crippen molar-refractivity contribution in [2.45, 2.75) is 77.4 Å². The lowest BCUT2D eigenvalue weighted by Crippen LogP contribution is -2.18. The van der Waals surface area contributed by atoms with Gasteiger partial charge in [-0.05, 0) is 75.9 Å². The maximum absolute atomic E-state index is 10.6. The van der Waals surface area contributed by atoms with E-state index in [0.717, 1.165) is 31.5 Å². The molecule has 1 fully saturated rings. The Morgan fingerprint density at radius 3 is 2.87 bits per heavy atom. The quantitative estimate of drug-likeness (QED) is 0.337. The van der Waals surface area contributed by atoms with Crippen LogP contribution in [0.4, 0.5) is 0 Å². The molecule has 0 aliphatic heterocycles. The number of aliphatic hydroxyl groups excluding tert-OH is 2. The van der Waals surface area contributed by atoms with E-state index >= 15 is 0 Å². The SMILES string of the molecule is CCCNCCCCCC1=C[C@H]2C[C@@H](O)[C@H](C=C[C@H](O)Cc3cccc(C)c3)[C@H]2C1. The second-order valence-electron chi connectivity index (χ2n) is 9.44. The lowest BCUT2D eigenvalue weighted by atomic mass is 9.88. The van der Waals surface area contributed by atoms with E-state index in [1.165, 1.54) is 37.7 Å². The van der Waals surface area contributed by atoms with Crippen molar-refractivity contribution in [2.24, 2.45) is 17.8 Å². The molecular weight excluding hydrogens is 370 g/mol. The minimum Gasteiger partial charge on any atom is -0.392 e. The fourth-order valence-electron chi connectivity index (χ4n) is 5.28. The van der Waals surface area contributed by atoms with Gasteiger partial charge in [-0.25, -0.2) is 0 Å². The Labute approximate surface area is 183 Å². The summed E-state index contributed by atoms with van der Waals surface area (Å²) in [6.07, 6.45) is 14.6. The van der Waals surface area contributed by atoms with Gasteiger partial charge in [0.2, 0.25) is 0 Å². The lowest BCUT2D eigenvalue weighted by molar-refractivity contribution is 0.140. The van der Waals surface area contributed by atoms with Crippen LogP contribution in [0.25, 0.3) is 0 Å². The summed E-state index contributed by atoms with van der Waals surface area (Å²) in [6, 6.07) is 8.32. The fourth-order valence-corrected chi connectivity index (χ4v) is 5.28. The molecule has 0 saturated heterocycles. The van der Waals surface area contributed by atoms with Crippen LogP contribution in [0.1, 0.15) is 63.0 Å². The van der Waals surface area contributed by atoms with Crippen LogP contribution in [-0.4, -0.2) is 35.5 Å². The van der Waals surface area contributed by atoms with Crippen molar-refractivity contribution < 1.29 is 10.2 Å². The number of fused-ring (bicyclic) bond motifs is 1. The normalized spacial score (nSPS) is 26.9. The Bertz CT molecular complexity index is 711. The second-order valence-corrected chi connectivity index (χ2v) is 9.44. The van der Waals surface area contributed by atoms with Gasteiger partial charge in [-0.15, -0.1) is 0 Å². The molecule has 3 N–H and O–H groups in total. The molecule has 0 heterocycles. The summed E-state index contributed by atoms with van der Waals surface area (Å²) in [6.45, 7) is 6.56. The van der Waals surface area contributed by atoms with Gasteiger partial charge in [0.05, 0.1) is 12.2 Å². The average molecular weight is 412 g/mol. The zero-order valence-electron chi connectivity index (χ0n) is 18.9. The predicted molar refractivity (Wildman–Crippen MR) is 125 cm³/mol. The Hall–Kier alpha value is -1.42. The molecule has 3 rings (SSSR count). The highest BCUT2D eigenvalue weighted by Crippen LogP contribution is 2.48. The average Bonchev–Trinajstić information content (AvgIpc) is 3.22. The fraction of sp³-hybridized carbons (Fsp3) is 0.630. The van der Waals surface area contributed by atoms with Crippen molar-refractivity contribution in [3.63, 3.8) is 0 Å². The van der Waals surface area contributed by atoms with Gasteiger partial charge in [0.15, 0.2) is 0 Å². The van der Waals surface area contributed by atoms with Crippen LogP contribution in [0, 0.1) is 24.7 Å². The van der Waals surface area contributed by atoms with Gasteiger partial charge in [0.1, 0.15) is 0 Å². The number of hydrogen-bond donors (Lipinski definition) is 3. The number of benzene rings is 1. The highest BCUT2D eigenvalue weighted by molar-refractivity contribution is 5.24. The largest absolute Gasteiger partial charge is 0.392 e. The van der Waals surface area contributed by atoms with E-state index in [1.54, 1.807) is 5.57 Å². The van der Waals surface area contributed by atoms with E-state index in [-0.39, 0.29) is 12.0 Å². The third kappa shape index (κ3) is 6.80. The molecule has 0 bridgehead atoms. The van der Waals surface area contributed by atoms with Crippen molar-refractivity contribution in [1.82, 2.24) is 5.32 Å². The van der Waals surface area contributed by atoms with Crippen LogP contribution in [0.15, 0.2) is 48.1 Å². The van der Waals surface area contributed by atoms with Crippen molar-refractivity contribution in [3.05, 3.63) is 59.2 Å². The summed E-state index contributed by atoms with van der Waals surface area (Å²) in [7, 11) is 0. The molecule has 30 heavy (non-hydrogen) atoms. The van der Waals surface area contributed by atoms with E-state index in [0.29, 0.717) is 18.3 Å². The lowest BCUT2D eigenvalue weighted by Gasteiger charge is -2.19. The summed E-state index contributed by atoms with van der Waals surface area (Å²) in [5, 5.41) is 24.5. The van der Waals surface area contributed by atoms with Crippen molar-refractivity contribution in [1.29, 1.82) is 0 Å². The maximum atomic E-state index is 10.6. The van der Waals surface area contributed by atoms with Gasteiger partial charge < -0.3 is 15.5 Å². The van der Waals surface area contributed by atoms with Crippen LogP contribution in [-0.2, 0) is 6.42 Å². The van der Waals surface area contributed by atoms with E-state index in [1.807, 2.05) is 12.1 Å². The molecule has 0 spiro atoms. The number of nitrogens with one attached hydrogen (secondary N) is 1. The Morgan fingerprint density at radius 2 is 2.07 bits per heavy atom. The molecular formula is C27H41NO2. The molecule has 0 radical (unpaired) electrons. The van der Waals surface area contributed by atoms with E-state index in [4.69, 9.17) is 0 Å². The van der Waals surface area contributed by atoms with Crippen LogP contribution in [0.5, 0.6) is 0 Å². The number of aryl methyl sites for hydroxylation is 1. The zero-order valence-corrected chi connectivity index (χ0v) is 18.9. The number of aliphatic hydroxyl groups is 2. The number of allylic oxidation sites excluding steroid dienone is 2. The highest BCUT2D eigenvalue weighted by atomic mass is 16.3. The standard InChI is InChI=1S/C27H41NO2/c1-3-13-28-14-6-4-5-9-22-16-23-19-27(30)25(26(23)18-22)12-11-24(29)17-21-10-7-8-20(2)15-21/h7-8,10-12,15-16,23-30H,3-6,9,13-14,17-19H2,1-2H3/t23-,24-,25+,26-,27+/m0/s1. The summed E-state index contributed by atoms with van der Waals surface area (Å²) >= 11 is 0. The van der Waals surface area contributed by atoms with Crippen molar-refractivity contribution in [2.75, 3.05) is 13.1 Å². The first kappa shape index (κ1) is 23.2. The molecule has 1 saturated carbocycles. The van der Waals surface area contributed by atoms with E-state index < -0.39 is 6.10 Å². The van der Waals surface area contributed by atoms with Gasteiger partial charge in [-0.2, -0.15) is 0 Å².